The van der Waals surface area contributed by atoms with Crippen molar-refractivity contribution in [1.29, 1.82) is 0 Å². The molecule has 2 nitrogen and oxygen atoms in total. The Labute approximate surface area is 50.4 Å². The Kier molecular flexibility index (Phi) is 6.40. The van der Waals surface area contributed by atoms with E-state index >= 15 is 0 Å². The van der Waals surface area contributed by atoms with Gasteiger partial charge < -0.3 is 10.5 Å². The first-order valence-corrected chi connectivity index (χ1v) is 1.75. The van der Waals surface area contributed by atoms with Crippen molar-refractivity contribution < 1.29 is 4.74 Å². The van der Waals surface area contributed by atoms with E-state index in [-0.39, 0.29) is 19.8 Å². The second kappa shape index (κ2) is 4.37. The van der Waals surface area contributed by atoms with Gasteiger partial charge in [-0.25, -0.2) is 0 Å². The smallest absolute Gasteiger partial charge is 0.0931 e. The molecule has 0 aliphatic carbocycles. The van der Waals surface area contributed by atoms with Crippen LogP contribution in [0.5, 0.6) is 0 Å². The van der Waals surface area contributed by atoms with Crippen molar-refractivity contribution in [2.45, 2.75) is 13.5 Å². The lowest BCUT2D eigenvalue weighted by molar-refractivity contribution is 0.412. The van der Waals surface area contributed by atoms with Gasteiger partial charge in [0.05, 0.1) is 12.7 Å². The van der Waals surface area contributed by atoms with Gasteiger partial charge >= 0.3 is 0 Å². The minimum absolute atomic E-state index is 0. The van der Waals surface area contributed by atoms with Gasteiger partial charge in [0.25, 0.3) is 0 Å². The van der Waals surface area contributed by atoms with E-state index in [1.807, 2.05) is 0 Å². The van der Waals surface area contributed by atoms with Gasteiger partial charge in [-0.15, -0.1) is 12.4 Å². The Morgan fingerprint density at radius 2 is 2.14 bits per heavy atom. The molecule has 46 valence electrons. The summed E-state index contributed by atoms with van der Waals surface area (Å²) in [5, 5.41) is 0. The number of hydrogen-bond donors (Lipinski definition) is 1. The van der Waals surface area contributed by atoms with Crippen LogP contribution in [0, 0.1) is 0 Å². The Balaban J connectivity index is 0. The van der Waals surface area contributed by atoms with Crippen LogP contribution in [-0.4, -0.2) is 19.3 Å². The quantitative estimate of drug-likeness (QED) is 0.516. The van der Waals surface area contributed by atoms with Gasteiger partial charge in [-0.3, -0.25) is 0 Å². The molecule has 1 unspecified atom stereocenters. The monoisotopic (exact) mass is 125 g/mol. The molecule has 1 aliphatic rings. The molecule has 1 fully saturated rings. The van der Waals surface area contributed by atoms with Crippen LogP contribution in [-0.2, 0) is 4.74 Å². The topological polar surface area (TPSA) is 38.5 Å². The molecule has 0 aromatic heterocycles. The van der Waals surface area contributed by atoms with E-state index in [2.05, 4.69) is 0 Å². The second-order valence-corrected chi connectivity index (χ2v) is 1.19. The van der Waals surface area contributed by atoms with E-state index in [4.69, 9.17) is 10.5 Å². The highest BCUT2D eigenvalue weighted by atomic mass is 35.5. The van der Waals surface area contributed by atoms with Crippen molar-refractivity contribution in [1.82, 2.24) is 0 Å². The fourth-order valence-electron chi connectivity index (χ4n) is 0.204. The van der Waals surface area contributed by atoms with Gasteiger partial charge in [0.15, 0.2) is 0 Å². The molecule has 2 N–H and O–H groups in total. The number of rotatable bonds is 1. The molecule has 0 saturated carbocycles. The van der Waals surface area contributed by atoms with Crippen molar-refractivity contribution in [3.8, 4) is 0 Å². The third kappa shape index (κ3) is 4.05. The van der Waals surface area contributed by atoms with Crippen LogP contribution in [0.25, 0.3) is 0 Å². The Bertz CT molecular complexity index is 38.7. The molecular formula is C4H12ClNO. The van der Waals surface area contributed by atoms with Gasteiger partial charge in [-0.2, -0.15) is 0 Å². The molecule has 1 rings (SSSR count). The molecule has 0 aromatic carbocycles. The summed E-state index contributed by atoms with van der Waals surface area (Å²) in [7, 11) is 0. The van der Waals surface area contributed by atoms with E-state index in [1.54, 1.807) is 0 Å². The first kappa shape index (κ1) is 10.2. The maximum absolute atomic E-state index is 5.11. The van der Waals surface area contributed by atoms with E-state index in [9.17, 15) is 0 Å². The highest BCUT2D eigenvalue weighted by molar-refractivity contribution is 5.85. The minimum Gasteiger partial charge on any atom is -0.372 e. The maximum atomic E-state index is 5.11. The zero-order valence-corrected chi connectivity index (χ0v) is 4.20. The average molecular weight is 126 g/mol. The Hall–Kier alpha value is 0.210. The minimum atomic E-state index is 0. The van der Waals surface area contributed by atoms with Gasteiger partial charge in [0.1, 0.15) is 0 Å². The van der Waals surface area contributed by atoms with Crippen LogP contribution < -0.4 is 5.73 Å². The first-order chi connectivity index (χ1) is 2.43. The van der Waals surface area contributed by atoms with Crippen molar-refractivity contribution in [3.63, 3.8) is 0 Å². The lowest BCUT2D eigenvalue weighted by atomic mass is 10.5. The van der Waals surface area contributed by atoms with Gasteiger partial charge in [0, 0.05) is 6.54 Å². The molecule has 0 bridgehead atoms. The SMILES string of the molecule is C.Cl.NCC1CO1. The molecule has 3 heteroatoms. The molecule has 1 heterocycles. The van der Waals surface area contributed by atoms with Crippen molar-refractivity contribution >= 4 is 12.4 Å². The maximum Gasteiger partial charge on any atom is 0.0931 e. The summed E-state index contributed by atoms with van der Waals surface area (Å²) in [5.74, 6) is 0. The van der Waals surface area contributed by atoms with Gasteiger partial charge in [-0.1, -0.05) is 7.43 Å². The summed E-state index contributed by atoms with van der Waals surface area (Å²) in [6.45, 7) is 1.58. The molecule has 1 saturated heterocycles. The summed E-state index contributed by atoms with van der Waals surface area (Å²) < 4.78 is 4.73. The average Bonchev–Trinajstić information content (AvgIpc) is 2.12. The van der Waals surface area contributed by atoms with Crippen LogP contribution in [0.15, 0.2) is 0 Å². The Morgan fingerprint density at radius 1 is 1.71 bits per heavy atom. The zero-order valence-electron chi connectivity index (χ0n) is 3.39. The number of ether oxygens (including phenoxy) is 1. The predicted molar refractivity (Wildman–Crippen MR) is 32.8 cm³/mol. The summed E-state index contributed by atoms with van der Waals surface area (Å²) in [5.41, 5.74) is 5.11. The third-order valence-corrected chi connectivity index (χ3v) is 0.665. The highest BCUT2D eigenvalue weighted by Crippen LogP contribution is 2.03. The summed E-state index contributed by atoms with van der Waals surface area (Å²) in [4.78, 5) is 0. The lowest BCUT2D eigenvalue weighted by Crippen LogP contribution is -2.05. The molecular weight excluding hydrogens is 114 g/mol. The molecule has 0 amide bonds. The molecule has 0 radical (unpaired) electrons. The number of halogens is 1. The fourth-order valence-corrected chi connectivity index (χ4v) is 0.204. The second-order valence-electron chi connectivity index (χ2n) is 1.19. The van der Waals surface area contributed by atoms with Crippen LogP contribution in [0.3, 0.4) is 0 Å². The first-order valence-electron chi connectivity index (χ1n) is 1.75. The van der Waals surface area contributed by atoms with E-state index in [1.165, 1.54) is 0 Å². The van der Waals surface area contributed by atoms with Crippen LogP contribution >= 0.6 is 12.4 Å². The molecule has 0 spiro atoms. The van der Waals surface area contributed by atoms with Crippen molar-refractivity contribution in [2.75, 3.05) is 13.2 Å². The third-order valence-electron chi connectivity index (χ3n) is 0.665. The van der Waals surface area contributed by atoms with Crippen LogP contribution in [0.4, 0.5) is 0 Å². The van der Waals surface area contributed by atoms with Gasteiger partial charge in [0.2, 0.25) is 0 Å². The van der Waals surface area contributed by atoms with Crippen LogP contribution in [0.2, 0.25) is 0 Å². The molecule has 1 aliphatic heterocycles. The lowest BCUT2D eigenvalue weighted by Gasteiger charge is -1.71. The largest absolute Gasteiger partial charge is 0.372 e. The standard InChI is InChI=1S/C3H7NO.CH4.ClH/c4-1-3-2-5-3;;/h3H,1-2,4H2;1H4;1H. The number of nitrogens with two attached hydrogens (primary N) is 1. The van der Waals surface area contributed by atoms with E-state index in [0.717, 1.165) is 6.61 Å². The van der Waals surface area contributed by atoms with Gasteiger partial charge in [-0.05, 0) is 0 Å². The summed E-state index contributed by atoms with van der Waals surface area (Å²) in [6.07, 6.45) is 0.412. The normalized spacial score (nSPS) is 24.4. The molecule has 7 heavy (non-hydrogen) atoms. The molecule has 0 aromatic rings. The number of epoxide rings is 1. The fraction of sp³-hybridized carbons (Fsp3) is 1.00. The number of hydrogen-bond acceptors (Lipinski definition) is 2. The Morgan fingerprint density at radius 3 is 2.14 bits per heavy atom. The molecule has 1 atom stereocenters. The zero-order chi connectivity index (χ0) is 3.70. The van der Waals surface area contributed by atoms with Crippen LogP contribution in [0.1, 0.15) is 7.43 Å². The van der Waals surface area contributed by atoms with Crippen molar-refractivity contribution in [2.24, 2.45) is 5.73 Å². The van der Waals surface area contributed by atoms with E-state index < -0.39 is 0 Å². The van der Waals surface area contributed by atoms with E-state index in [0.29, 0.717) is 12.6 Å². The summed E-state index contributed by atoms with van der Waals surface area (Å²) >= 11 is 0. The predicted octanol–water partition coefficient (Wildman–Crippen LogP) is 0.402. The summed E-state index contributed by atoms with van der Waals surface area (Å²) in [6, 6.07) is 0. The van der Waals surface area contributed by atoms with Crippen molar-refractivity contribution in [3.05, 3.63) is 0 Å². The highest BCUT2D eigenvalue weighted by Gasteiger charge is 2.18.